The molecule has 0 saturated heterocycles. The molecule has 12 nitrogen and oxygen atoms in total. The number of hydrogen-bond acceptors (Lipinski definition) is 6. The van der Waals surface area contributed by atoms with E-state index in [1.54, 1.807) is 72.8 Å². The summed E-state index contributed by atoms with van der Waals surface area (Å²) in [7, 11) is -7.97. The Labute approximate surface area is 377 Å². The fraction of sp³-hybridized carbons (Fsp3) is 0.0455. The number of nitrogens with one attached hydrogen (secondary N) is 2. The van der Waals surface area contributed by atoms with Gasteiger partial charge in [0, 0.05) is 27.5 Å². The van der Waals surface area contributed by atoms with E-state index in [2.05, 4.69) is 19.6 Å². The quantitative estimate of drug-likeness (QED) is 0.0990. The van der Waals surface area contributed by atoms with Gasteiger partial charge in [-0.1, -0.05) is 84.4 Å². The van der Waals surface area contributed by atoms with Gasteiger partial charge in [0.25, 0.3) is 20.4 Å². The van der Waals surface area contributed by atoms with Crippen molar-refractivity contribution in [3.8, 4) is 56.1 Å². The van der Waals surface area contributed by atoms with Crippen molar-refractivity contribution in [1.29, 1.82) is 0 Å². The van der Waals surface area contributed by atoms with Gasteiger partial charge in [0.05, 0.1) is 22.8 Å². The average Bonchev–Trinajstić information content (AvgIpc) is 3.92. The zero-order chi connectivity index (χ0) is 47.6. The van der Waals surface area contributed by atoms with Gasteiger partial charge in [-0.25, -0.2) is 24.0 Å². The Kier molecular flexibility index (Phi) is 13.1. The van der Waals surface area contributed by atoms with Crippen LogP contribution in [0.3, 0.4) is 0 Å². The highest BCUT2D eigenvalue weighted by atomic mass is 35.5. The first-order chi connectivity index (χ1) is 31.0. The summed E-state index contributed by atoms with van der Waals surface area (Å²) in [6.07, 6.45) is -9.30. The molecule has 0 aliphatic rings. The highest BCUT2D eigenvalue weighted by molar-refractivity contribution is 7.90. The number of hydrogen-bond donors (Lipinski definition) is 4. The summed E-state index contributed by atoms with van der Waals surface area (Å²) in [5, 5.41) is 17.9. The lowest BCUT2D eigenvalue weighted by Gasteiger charge is -2.10. The van der Waals surface area contributed by atoms with E-state index in [9.17, 15) is 47.6 Å². The van der Waals surface area contributed by atoms with Crippen LogP contribution in [0.15, 0.2) is 158 Å². The van der Waals surface area contributed by atoms with E-state index in [4.69, 9.17) is 21.9 Å². The van der Waals surface area contributed by atoms with Crippen LogP contribution in [-0.4, -0.2) is 36.4 Å². The molecule has 6 N–H and O–H groups in total. The van der Waals surface area contributed by atoms with Gasteiger partial charge in [0.15, 0.2) is 11.4 Å². The lowest BCUT2D eigenvalue weighted by Crippen LogP contribution is -2.21. The van der Waals surface area contributed by atoms with Gasteiger partial charge in [0.2, 0.25) is 0 Å². The third-order valence-corrected chi connectivity index (χ3v) is 10.8. The fourth-order valence-corrected chi connectivity index (χ4v) is 7.52. The third-order valence-electron chi connectivity index (χ3n) is 9.46. The predicted molar refractivity (Wildman–Crippen MR) is 237 cm³/mol. The molecule has 340 valence electrons. The first-order valence-corrected chi connectivity index (χ1v) is 22.4. The normalized spacial score (nSPS) is 12.0. The molecule has 0 aliphatic carbocycles. The van der Waals surface area contributed by atoms with E-state index in [0.717, 1.165) is 43.8 Å². The van der Waals surface area contributed by atoms with Crippen molar-refractivity contribution in [1.82, 2.24) is 19.6 Å². The molecule has 0 aliphatic heterocycles. The average molecular weight is 969 g/mol. The first kappa shape index (κ1) is 46.9. The highest BCUT2D eigenvalue weighted by Crippen LogP contribution is 2.36. The Hall–Kier alpha value is -7.04. The molecule has 6 aromatic carbocycles. The van der Waals surface area contributed by atoms with E-state index in [1.165, 1.54) is 60.7 Å². The number of alkyl halides is 6. The molecule has 0 unspecified atom stereocenters. The van der Waals surface area contributed by atoms with Gasteiger partial charge in [-0.15, -0.1) is 0 Å². The van der Waals surface area contributed by atoms with E-state index < -0.39 is 44.2 Å². The lowest BCUT2D eigenvalue weighted by atomic mass is 10.0. The molecular formula is C44H32ClF7N8O4S2. The lowest BCUT2D eigenvalue weighted by molar-refractivity contribution is -0.142. The van der Waals surface area contributed by atoms with Gasteiger partial charge in [0.1, 0.15) is 5.82 Å². The van der Waals surface area contributed by atoms with Crippen molar-refractivity contribution in [2.24, 2.45) is 10.3 Å². The largest absolute Gasteiger partial charge is 0.435 e. The van der Waals surface area contributed by atoms with Crippen molar-refractivity contribution in [3.05, 3.63) is 180 Å². The van der Waals surface area contributed by atoms with Crippen LogP contribution in [0, 0.1) is 5.82 Å². The minimum atomic E-state index is -4.66. The summed E-state index contributed by atoms with van der Waals surface area (Å²) in [6.45, 7) is 0. The molecule has 66 heavy (non-hydrogen) atoms. The van der Waals surface area contributed by atoms with Crippen LogP contribution < -0.4 is 19.7 Å². The Morgan fingerprint density at radius 3 is 1.05 bits per heavy atom. The van der Waals surface area contributed by atoms with Crippen LogP contribution >= 0.6 is 11.6 Å². The molecule has 8 rings (SSSR count). The number of halogens is 8. The van der Waals surface area contributed by atoms with Crippen LogP contribution in [0.25, 0.3) is 56.1 Å². The molecule has 8 aromatic rings. The van der Waals surface area contributed by atoms with E-state index in [0.29, 0.717) is 21.8 Å². The number of aromatic nitrogens is 4. The van der Waals surface area contributed by atoms with Crippen LogP contribution in [0.1, 0.15) is 11.4 Å². The molecule has 0 bridgehead atoms. The molecule has 2 aromatic heterocycles. The Balaban J connectivity index is 0.000000196. The SMILES string of the molecule is NS(=O)(=O)Nc1ccc(-n2nc(C(F)(F)F)cc2-c2ccc(-c3ccc(Cl)cc3)cc2)cc1.NS(=O)(=O)Nc1ccc(-n2nc(C(F)(F)F)cc2-c2ccc(-c3ccc(F)cc3)cc2)cc1. The highest BCUT2D eigenvalue weighted by Gasteiger charge is 2.36. The Bertz CT molecular complexity index is 2980. The van der Waals surface area contributed by atoms with Crippen molar-refractivity contribution in [2.75, 3.05) is 9.44 Å². The zero-order valence-corrected chi connectivity index (χ0v) is 35.8. The number of rotatable bonds is 10. The monoisotopic (exact) mass is 968 g/mol. The maximum atomic E-state index is 13.4. The second kappa shape index (κ2) is 18.4. The number of benzene rings is 6. The van der Waals surface area contributed by atoms with Gasteiger partial charge in [-0.2, -0.15) is 53.4 Å². The molecule has 0 amide bonds. The topological polar surface area (TPSA) is 180 Å². The summed E-state index contributed by atoms with van der Waals surface area (Å²) in [5.41, 5.74) is 3.46. The van der Waals surface area contributed by atoms with Crippen LogP contribution in [-0.2, 0) is 32.8 Å². The predicted octanol–water partition coefficient (Wildman–Crippen LogP) is 10.5. The second-order valence-electron chi connectivity index (χ2n) is 14.2. The molecule has 0 fully saturated rings. The number of nitrogens with zero attached hydrogens (tertiary/aromatic N) is 4. The van der Waals surface area contributed by atoms with Crippen LogP contribution in [0.4, 0.5) is 42.1 Å². The Morgan fingerprint density at radius 2 is 0.742 bits per heavy atom. The van der Waals surface area contributed by atoms with E-state index in [1.807, 2.05) is 12.1 Å². The summed E-state index contributed by atoms with van der Waals surface area (Å²) >= 11 is 5.92. The molecular weight excluding hydrogens is 937 g/mol. The number of anilines is 2. The van der Waals surface area contributed by atoms with Crippen molar-refractivity contribution >= 4 is 43.4 Å². The molecule has 2 heterocycles. The van der Waals surface area contributed by atoms with Gasteiger partial charge < -0.3 is 0 Å². The zero-order valence-electron chi connectivity index (χ0n) is 33.4. The molecule has 0 atom stereocenters. The fourth-order valence-electron chi connectivity index (χ4n) is 6.47. The summed E-state index contributed by atoms with van der Waals surface area (Å²) < 4.78 is 145. The van der Waals surface area contributed by atoms with Gasteiger partial charge in [-0.05, 0) is 107 Å². The third kappa shape index (κ3) is 11.8. The second-order valence-corrected chi connectivity index (χ2v) is 17.2. The summed E-state index contributed by atoms with van der Waals surface area (Å²) in [4.78, 5) is 0. The van der Waals surface area contributed by atoms with Crippen molar-refractivity contribution < 1.29 is 47.6 Å². The standard InChI is InChI=1S/C22H16ClF3N4O2S.C22H16F4N4O2S/c2*23-17-7-5-15(6-8-17)14-1-3-16(4-2-14)20-13-21(22(24,25)26)28-30(20)19-11-9-18(10-12-19)29-33(27,31)32/h2*1-13,29H,(H2,27,31,32). The van der Waals surface area contributed by atoms with Crippen molar-refractivity contribution in [2.45, 2.75) is 12.4 Å². The maximum Gasteiger partial charge on any atom is 0.435 e. The smallest absolute Gasteiger partial charge is 0.271 e. The number of nitrogens with two attached hydrogens (primary N) is 2. The first-order valence-electron chi connectivity index (χ1n) is 18.9. The molecule has 22 heteroatoms. The molecule has 0 spiro atoms. The van der Waals surface area contributed by atoms with Gasteiger partial charge >= 0.3 is 12.4 Å². The van der Waals surface area contributed by atoms with Gasteiger partial charge in [-0.3, -0.25) is 9.44 Å². The minimum Gasteiger partial charge on any atom is -0.271 e. The summed E-state index contributed by atoms with van der Waals surface area (Å²) in [6, 6.07) is 39.8. The summed E-state index contributed by atoms with van der Waals surface area (Å²) in [5.74, 6) is -0.371. The van der Waals surface area contributed by atoms with Crippen LogP contribution in [0.5, 0.6) is 0 Å². The Morgan fingerprint density at radius 1 is 0.455 bits per heavy atom. The van der Waals surface area contributed by atoms with Crippen LogP contribution in [0.2, 0.25) is 5.02 Å². The van der Waals surface area contributed by atoms with E-state index >= 15 is 0 Å². The minimum absolute atomic E-state index is 0.148. The van der Waals surface area contributed by atoms with Crippen molar-refractivity contribution in [3.63, 3.8) is 0 Å². The maximum absolute atomic E-state index is 13.4. The molecule has 0 radical (unpaired) electrons. The van der Waals surface area contributed by atoms with E-state index in [-0.39, 0.29) is 34.3 Å². The molecule has 0 saturated carbocycles.